The third-order valence-electron chi connectivity index (χ3n) is 4.15. The predicted octanol–water partition coefficient (Wildman–Crippen LogP) is 3.28. The number of likely N-dealkylation sites (tertiary alicyclic amines) is 1. The average molecular weight is 275 g/mol. The molecule has 1 heterocycles. The molecule has 0 aliphatic carbocycles. The Hall–Kier alpha value is -1.51. The number of rotatable bonds is 5. The van der Waals surface area contributed by atoms with Crippen LogP contribution in [0.2, 0.25) is 0 Å². The predicted molar refractivity (Wildman–Crippen MR) is 80.9 cm³/mol. The van der Waals surface area contributed by atoms with Crippen LogP contribution in [0.25, 0.3) is 0 Å². The Labute approximate surface area is 121 Å². The van der Waals surface area contributed by atoms with E-state index in [-0.39, 0.29) is 0 Å². The highest BCUT2D eigenvalue weighted by atomic mass is 16.5. The fourth-order valence-corrected chi connectivity index (χ4v) is 2.95. The van der Waals surface area contributed by atoms with Crippen LogP contribution in [0.15, 0.2) is 24.3 Å². The summed E-state index contributed by atoms with van der Waals surface area (Å²) in [5.74, 6) is 1.87. The van der Waals surface area contributed by atoms with Crippen molar-refractivity contribution < 1.29 is 9.53 Å². The van der Waals surface area contributed by atoms with E-state index in [0.29, 0.717) is 18.2 Å². The quantitative estimate of drug-likeness (QED) is 0.825. The van der Waals surface area contributed by atoms with Crippen LogP contribution in [0, 0.1) is 5.92 Å². The van der Waals surface area contributed by atoms with Crippen molar-refractivity contribution in [1.82, 2.24) is 4.90 Å². The van der Waals surface area contributed by atoms with E-state index in [1.54, 1.807) is 7.11 Å². The number of ether oxygens (including phenoxy) is 1. The normalized spacial score (nSPS) is 18.9. The summed E-state index contributed by atoms with van der Waals surface area (Å²) in [7, 11) is 1.70. The molecule has 1 fully saturated rings. The smallest absolute Gasteiger partial charge is 0.222 e. The highest BCUT2D eigenvalue weighted by Gasteiger charge is 2.22. The van der Waals surface area contributed by atoms with Gasteiger partial charge in [0.1, 0.15) is 5.75 Å². The van der Waals surface area contributed by atoms with E-state index < -0.39 is 0 Å². The first-order valence-corrected chi connectivity index (χ1v) is 7.63. The van der Waals surface area contributed by atoms with Crippen LogP contribution in [-0.2, 0) is 11.2 Å². The fourth-order valence-electron chi connectivity index (χ4n) is 2.95. The van der Waals surface area contributed by atoms with E-state index in [2.05, 4.69) is 12.1 Å². The minimum absolute atomic E-state index is 0.302. The van der Waals surface area contributed by atoms with Gasteiger partial charge in [-0.15, -0.1) is 0 Å². The van der Waals surface area contributed by atoms with Crippen LogP contribution >= 0.6 is 0 Å². The summed E-state index contributed by atoms with van der Waals surface area (Å²) in [5.41, 5.74) is 1.32. The standard InChI is InChI=1S/C17H25NO2/c1-3-17(19)18-11-5-7-15(13-18)10-9-14-6-4-8-16(12-14)20-2/h4,6,8,12,15H,3,5,7,9-11,13H2,1-2H3/t15-/m1/s1. The molecule has 3 heteroatoms. The third kappa shape index (κ3) is 3.99. The second-order valence-electron chi connectivity index (χ2n) is 5.59. The number of aryl methyl sites for hydroxylation is 1. The molecule has 1 aromatic carbocycles. The Morgan fingerprint density at radius 3 is 3.05 bits per heavy atom. The molecule has 0 aromatic heterocycles. The van der Waals surface area contributed by atoms with Crippen molar-refractivity contribution in [1.29, 1.82) is 0 Å². The molecule has 1 aromatic rings. The summed E-state index contributed by atoms with van der Waals surface area (Å²) < 4.78 is 5.26. The molecule has 20 heavy (non-hydrogen) atoms. The lowest BCUT2D eigenvalue weighted by molar-refractivity contribution is -0.132. The van der Waals surface area contributed by atoms with Crippen LogP contribution in [-0.4, -0.2) is 31.0 Å². The number of carbonyl (C=O) groups excluding carboxylic acids is 1. The SMILES string of the molecule is CCC(=O)N1CCC[C@H](CCc2cccc(OC)c2)C1. The van der Waals surface area contributed by atoms with Crippen molar-refractivity contribution in [3.05, 3.63) is 29.8 Å². The number of carbonyl (C=O) groups is 1. The number of hydrogen-bond acceptors (Lipinski definition) is 2. The van der Waals surface area contributed by atoms with E-state index in [9.17, 15) is 4.79 Å². The maximum atomic E-state index is 11.8. The number of nitrogens with zero attached hydrogens (tertiary/aromatic N) is 1. The number of hydrogen-bond donors (Lipinski definition) is 0. The van der Waals surface area contributed by atoms with Gasteiger partial charge in [0.25, 0.3) is 0 Å². The third-order valence-corrected chi connectivity index (χ3v) is 4.15. The minimum atomic E-state index is 0.302. The van der Waals surface area contributed by atoms with E-state index in [4.69, 9.17) is 4.74 Å². The highest BCUT2D eigenvalue weighted by Crippen LogP contribution is 2.23. The summed E-state index contributed by atoms with van der Waals surface area (Å²) in [6.07, 6.45) is 5.24. The van der Waals surface area contributed by atoms with Gasteiger partial charge >= 0.3 is 0 Å². The Morgan fingerprint density at radius 2 is 2.30 bits per heavy atom. The molecule has 3 nitrogen and oxygen atoms in total. The van der Waals surface area contributed by atoms with Crippen molar-refractivity contribution in [2.24, 2.45) is 5.92 Å². The summed E-state index contributed by atoms with van der Waals surface area (Å²) in [6.45, 7) is 3.83. The number of piperidine rings is 1. The first-order chi connectivity index (χ1) is 9.72. The zero-order valence-electron chi connectivity index (χ0n) is 12.6. The number of benzene rings is 1. The Kier molecular flexibility index (Phi) is 5.45. The Balaban J connectivity index is 1.85. The van der Waals surface area contributed by atoms with E-state index in [0.717, 1.165) is 38.1 Å². The first-order valence-electron chi connectivity index (χ1n) is 7.63. The maximum absolute atomic E-state index is 11.8. The molecule has 2 rings (SSSR count). The molecule has 1 aliphatic rings. The molecule has 1 aliphatic heterocycles. The second kappa shape index (κ2) is 7.32. The average Bonchev–Trinajstić information content (AvgIpc) is 2.52. The zero-order chi connectivity index (χ0) is 14.4. The van der Waals surface area contributed by atoms with Gasteiger partial charge < -0.3 is 9.64 Å². The highest BCUT2D eigenvalue weighted by molar-refractivity contribution is 5.75. The molecule has 1 amide bonds. The van der Waals surface area contributed by atoms with Gasteiger partial charge in [-0.05, 0) is 49.3 Å². The van der Waals surface area contributed by atoms with Gasteiger partial charge in [0.05, 0.1) is 7.11 Å². The van der Waals surface area contributed by atoms with Gasteiger partial charge in [-0.25, -0.2) is 0 Å². The van der Waals surface area contributed by atoms with Gasteiger partial charge in [-0.1, -0.05) is 19.1 Å². The lowest BCUT2D eigenvalue weighted by Crippen LogP contribution is -2.39. The molecular formula is C17H25NO2. The first kappa shape index (κ1) is 14.9. The van der Waals surface area contributed by atoms with E-state index in [1.807, 2.05) is 24.0 Å². The fraction of sp³-hybridized carbons (Fsp3) is 0.588. The van der Waals surface area contributed by atoms with Crippen molar-refractivity contribution in [2.45, 2.75) is 39.0 Å². The van der Waals surface area contributed by atoms with Crippen LogP contribution in [0.1, 0.15) is 38.2 Å². The van der Waals surface area contributed by atoms with Crippen molar-refractivity contribution in [3.8, 4) is 5.75 Å². The largest absolute Gasteiger partial charge is 0.497 e. The van der Waals surface area contributed by atoms with Gasteiger partial charge in [0.15, 0.2) is 0 Å². The van der Waals surface area contributed by atoms with E-state index in [1.165, 1.54) is 12.0 Å². The van der Waals surface area contributed by atoms with Crippen molar-refractivity contribution >= 4 is 5.91 Å². The molecule has 1 atom stereocenters. The summed E-state index contributed by atoms with van der Waals surface area (Å²) in [4.78, 5) is 13.8. The van der Waals surface area contributed by atoms with Crippen LogP contribution < -0.4 is 4.74 Å². The zero-order valence-corrected chi connectivity index (χ0v) is 12.6. The minimum Gasteiger partial charge on any atom is -0.497 e. The summed E-state index contributed by atoms with van der Waals surface area (Å²) in [5, 5.41) is 0. The molecule has 0 radical (unpaired) electrons. The lowest BCUT2D eigenvalue weighted by Gasteiger charge is -2.32. The molecular weight excluding hydrogens is 250 g/mol. The van der Waals surface area contributed by atoms with Crippen molar-refractivity contribution in [2.75, 3.05) is 20.2 Å². The summed E-state index contributed by atoms with van der Waals surface area (Å²) in [6, 6.07) is 8.28. The molecule has 0 N–H and O–H groups in total. The van der Waals surface area contributed by atoms with Crippen molar-refractivity contribution in [3.63, 3.8) is 0 Å². The van der Waals surface area contributed by atoms with Crippen LogP contribution in [0.5, 0.6) is 5.75 Å². The van der Waals surface area contributed by atoms with Gasteiger partial charge in [-0.3, -0.25) is 4.79 Å². The van der Waals surface area contributed by atoms with Crippen LogP contribution in [0.3, 0.4) is 0 Å². The number of methoxy groups -OCH3 is 1. The molecule has 0 bridgehead atoms. The van der Waals surface area contributed by atoms with Gasteiger partial charge in [0.2, 0.25) is 5.91 Å². The Bertz CT molecular complexity index is 444. The molecule has 0 saturated carbocycles. The topological polar surface area (TPSA) is 29.5 Å². The van der Waals surface area contributed by atoms with E-state index >= 15 is 0 Å². The van der Waals surface area contributed by atoms with Gasteiger partial charge in [-0.2, -0.15) is 0 Å². The maximum Gasteiger partial charge on any atom is 0.222 e. The lowest BCUT2D eigenvalue weighted by atomic mass is 9.91. The second-order valence-corrected chi connectivity index (χ2v) is 5.59. The molecule has 0 spiro atoms. The Morgan fingerprint density at radius 1 is 1.45 bits per heavy atom. The number of amides is 1. The molecule has 0 unspecified atom stereocenters. The molecule has 110 valence electrons. The van der Waals surface area contributed by atoms with Gasteiger partial charge in [0, 0.05) is 19.5 Å². The molecule has 1 saturated heterocycles. The van der Waals surface area contributed by atoms with Crippen LogP contribution in [0.4, 0.5) is 0 Å². The monoisotopic (exact) mass is 275 g/mol. The summed E-state index contributed by atoms with van der Waals surface area (Å²) >= 11 is 0.